The zero-order valence-corrected chi connectivity index (χ0v) is 17.4. The van der Waals surface area contributed by atoms with Crippen molar-refractivity contribution in [3.05, 3.63) is 104 Å². The molecule has 0 spiro atoms. The van der Waals surface area contributed by atoms with E-state index in [0.717, 1.165) is 15.6 Å². The third-order valence-electron chi connectivity index (χ3n) is 4.17. The van der Waals surface area contributed by atoms with Crippen molar-refractivity contribution in [3.63, 3.8) is 0 Å². The van der Waals surface area contributed by atoms with Gasteiger partial charge in [-0.1, -0.05) is 70.0 Å². The van der Waals surface area contributed by atoms with Gasteiger partial charge in [0.15, 0.2) is 5.82 Å². The van der Waals surface area contributed by atoms with Crippen molar-refractivity contribution in [1.82, 2.24) is 15.2 Å². The third kappa shape index (κ3) is 4.72. The van der Waals surface area contributed by atoms with Gasteiger partial charge in [-0.05, 0) is 35.9 Å². The van der Waals surface area contributed by atoms with Crippen LogP contribution in [-0.4, -0.2) is 15.2 Å². The van der Waals surface area contributed by atoms with Crippen LogP contribution < -0.4 is 10.3 Å². The molecule has 0 unspecified atom stereocenters. The molecule has 0 saturated carbocycles. The van der Waals surface area contributed by atoms with E-state index < -0.39 is 0 Å². The predicted molar refractivity (Wildman–Crippen MR) is 117 cm³/mol. The summed E-state index contributed by atoms with van der Waals surface area (Å²) in [5.41, 5.74) is 1.67. The molecule has 1 aromatic heterocycles. The fourth-order valence-corrected chi connectivity index (χ4v) is 3.35. The van der Waals surface area contributed by atoms with Crippen LogP contribution in [0.5, 0.6) is 11.5 Å². The molecule has 0 aliphatic heterocycles. The summed E-state index contributed by atoms with van der Waals surface area (Å²) in [7, 11) is 0. The number of hydrogen-bond donors (Lipinski definition) is 1. The molecule has 0 amide bonds. The Morgan fingerprint density at radius 2 is 1.83 bits per heavy atom. The summed E-state index contributed by atoms with van der Waals surface area (Å²) in [6.45, 7) is 0. The molecule has 1 N–H and O–H groups in total. The number of ether oxygens (including phenoxy) is 1. The highest BCUT2D eigenvalue weighted by Gasteiger charge is 2.11. The monoisotopic (exact) mass is 467 g/mol. The van der Waals surface area contributed by atoms with Gasteiger partial charge in [-0.25, -0.2) is 10.1 Å². The van der Waals surface area contributed by atoms with Crippen LogP contribution >= 0.6 is 27.5 Å². The number of aromatic nitrogens is 3. The van der Waals surface area contributed by atoms with Gasteiger partial charge in [-0.3, -0.25) is 4.79 Å². The SMILES string of the molecule is O=c1[nH]nc(Cc2ccc(Cl)c(Oc3cccc(Br)c3)c2)nc1-c1ccccc1. The summed E-state index contributed by atoms with van der Waals surface area (Å²) in [5.74, 6) is 1.71. The molecule has 0 fully saturated rings. The van der Waals surface area contributed by atoms with Crippen LogP contribution in [0, 0.1) is 0 Å². The van der Waals surface area contributed by atoms with Gasteiger partial charge in [0.25, 0.3) is 5.56 Å². The van der Waals surface area contributed by atoms with E-state index in [1.54, 1.807) is 6.07 Å². The standard InChI is InChI=1S/C22H15BrClN3O2/c23-16-7-4-8-17(13-16)29-19-11-14(9-10-18(19)24)12-20-25-21(22(28)27-26-20)15-5-2-1-3-6-15/h1-11,13H,12H2,(H,27,28). The number of nitrogens with zero attached hydrogens (tertiary/aromatic N) is 2. The molecule has 144 valence electrons. The molecular weight excluding hydrogens is 454 g/mol. The molecule has 0 aliphatic carbocycles. The topological polar surface area (TPSA) is 67.9 Å². The van der Waals surface area contributed by atoms with Crippen LogP contribution in [0.4, 0.5) is 0 Å². The first kappa shape index (κ1) is 19.4. The minimum atomic E-state index is -0.324. The van der Waals surface area contributed by atoms with Crippen molar-refractivity contribution < 1.29 is 4.74 Å². The van der Waals surface area contributed by atoms with E-state index >= 15 is 0 Å². The normalized spacial score (nSPS) is 10.7. The van der Waals surface area contributed by atoms with Crippen LogP contribution in [0.1, 0.15) is 11.4 Å². The Balaban J connectivity index is 1.61. The van der Waals surface area contributed by atoms with Gasteiger partial charge in [-0.15, -0.1) is 0 Å². The average molecular weight is 469 g/mol. The van der Waals surface area contributed by atoms with E-state index in [0.29, 0.717) is 34.5 Å². The van der Waals surface area contributed by atoms with Gasteiger partial charge >= 0.3 is 0 Å². The Kier molecular flexibility index (Phi) is 5.74. The van der Waals surface area contributed by atoms with Crippen LogP contribution in [0.3, 0.4) is 0 Å². The van der Waals surface area contributed by atoms with Crippen LogP contribution in [0.15, 0.2) is 82.1 Å². The minimum absolute atomic E-state index is 0.324. The second-order valence-electron chi connectivity index (χ2n) is 6.30. The Labute approximate surface area is 180 Å². The van der Waals surface area contributed by atoms with E-state index in [9.17, 15) is 4.79 Å². The van der Waals surface area contributed by atoms with Crippen LogP contribution in [-0.2, 0) is 6.42 Å². The van der Waals surface area contributed by atoms with Gasteiger partial charge in [0.1, 0.15) is 17.2 Å². The molecule has 5 nitrogen and oxygen atoms in total. The van der Waals surface area contributed by atoms with Crippen molar-refractivity contribution >= 4 is 27.5 Å². The number of rotatable bonds is 5. The predicted octanol–water partition coefficient (Wildman–Crippen LogP) is 5.63. The first-order chi connectivity index (χ1) is 14.1. The van der Waals surface area contributed by atoms with Crippen LogP contribution in [0.25, 0.3) is 11.3 Å². The molecule has 1 heterocycles. The fraction of sp³-hybridized carbons (Fsp3) is 0.0455. The number of nitrogens with one attached hydrogen (secondary N) is 1. The Bertz CT molecular complexity index is 1210. The van der Waals surface area contributed by atoms with Crippen molar-refractivity contribution in [2.24, 2.45) is 0 Å². The van der Waals surface area contributed by atoms with Gasteiger partial charge in [0, 0.05) is 16.5 Å². The van der Waals surface area contributed by atoms with Crippen molar-refractivity contribution in [3.8, 4) is 22.8 Å². The molecule has 29 heavy (non-hydrogen) atoms. The third-order valence-corrected chi connectivity index (χ3v) is 4.98. The highest BCUT2D eigenvalue weighted by molar-refractivity contribution is 9.10. The zero-order chi connectivity index (χ0) is 20.2. The summed E-state index contributed by atoms with van der Waals surface area (Å²) in [4.78, 5) is 16.6. The highest BCUT2D eigenvalue weighted by atomic mass is 79.9. The van der Waals surface area contributed by atoms with E-state index in [1.807, 2.05) is 66.7 Å². The van der Waals surface area contributed by atoms with Gasteiger partial charge in [0.05, 0.1) is 5.02 Å². The second kappa shape index (κ2) is 8.59. The number of aromatic amines is 1. The molecule has 0 radical (unpaired) electrons. The fourth-order valence-electron chi connectivity index (χ4n) is 2.82. The number of hydrogen-bond acceptors (Lipinski definition) is 4. The lowest BCUT2D eigenvalue weighted by atomic mass is 10.1. The van der Waals surface area contributed by atoms with Crippen LogP contribution in [0.2, 0.25) is 5.02 Å². The highest BCUT2D eigenvalue weighted by Crippen LogP contribution is 2.31. The van der Waals surface area contributed by atoms with Gasteiger partial charge < -0.3 is 4.74 Å². The maximum absolute atomic E-state index is 12.1. The smallest absolute Gasteiger partial charge is 0.290 e. The zero-order valence-electron chi connectivity index (χ0n) is 15.1. The van der Waals surface area contributed by atoms with E-state index in [1.165, 1.54) is 0 Å². The van der Waals surface area contributed by atoms with E-state index in [2.05, 4.69) is 31.1 Å². The summed E-state index contributed by atoms with van der Waals surface area (Å²) in [6.07, 6.45) is 0.419. The quantitative estimate of drug-likeness (QED) is 0.412. The van der Waals surface area contributed by atoms with Gasteiger partial charge in [-0.2, -0.15) is 5.10 Å². The average Bonchev–Trinajstić information content (AvgIpc) is 2.73. The molecular formula is C22H15BrClN3O2. The number of H-pyrrole nitrogens is 1. The van der Waals surface area contributed by atoms with E-state index in [-0.39, 0.29) is 5.56 Å². The minimum Gasteiger partial charge on any atom is -0.456 e. The molecule has 0 atom stereocenters. The van der Waals surface area contributed by atoms with Crippen molar-refractivity contribution in [2.75, 3.05) is 0 Å². The lowest BCUT2D eigenvalue weighted by Crippen LogP contribution is -2.16. The molecule has 4 rings (SSSR count). The second-order valence-corrected chi connectivity index (χ2v) is 7.62. The Hall–Kier alpha value is -2.96. The maximum Gasteiger partial charge on any atom is 0.290 e. The Morgan fingerprint density at radius 1 is 1.00 bits per heavy atom. The van der Waals surface area contributed by atoms with Crippen molar-refractivity contribution in [1.29, 1.82) is 0 Å². The molecule has 0 aliphatic rings. The van der Waals surface area contributed by atoms with Crippen molar-refractivity contribution in [2.45, 2.75) is 6.42 Å². The Morgan fingerprint density at radius 3 is 2.62 bits per heavy atom. The molecule has 0 bridgehead atoms. The molecule has 3 aromatic carbocycles. The lowest BCUT2D eigenvalue weighted by molar-refractivity contribution is 0.482. The van der Waals surface area contributed by atoms with Gasteiger partial charge in [0.2, 0.25) is 0 Å². The lowest BCUT2D eigenvalue weighted by Gasteiger charge is -2.10. The summed E-state index contributed by atoms with van der Waals surface area (Å²) in [5, 5.41) is 7.11. The first-order valence-electron chi connectivity index (χ1n) is 8.81. The number of benzene rings is 3. The maximum atomic E-state index is 12.1. The summed E-state index contributed by atoms with van der Waals surface area (Å²) in [6, 6.07) is 22.3. The molecule has 0 saturated heterocycles. The first-order valence-corrected chi connectivity index (χ1v) is 9.98. The van der Waals surface area contributed by atoms with E-state index in [4.69, 9.17) is 16.3 Å². The largest absolute Gasteiger partial charge is 0.456 e. The number of halogens is 2. The summed E-state index contributed by atoms with van der Waals surface area (Å²) < 4.78 is 6.83. The summed E-state index contributed by atoms with van der Waals surface area (Å²) >= 11 is 9.73. The molecule has 7 heteroatoms. The molecule has 4 aromatic rings.